The molecule has 2 aromatic heterocycles. The fraction of sp³-hybridized carbons (Fsp3) is 0.400. The topological polar surface area (TPSA) is 141 Å². The van der Waals surface area contributed by atoms with Crippen molar-refractivity contribution in [1.29, 1.82) is 0 Å². The molecular weight excluding hydrogens is 589 g/mol. The number of hydrogen-bond acceptors (Lipinski definition) is 7. The Kier molecular flexibility index (Phi) is 8.03. The largest absolute Gasteiger partial charge is 0.471 e. The van der Waals surface area contributed by atoms with Crippen molar-refractivity contribution in [2.75, 3.05) is 28.6 Å². The lowest BCUT2D eigenvalue weighted by Crippen LogP contribution is -2.43. The van der Waals surface area contributed by atoms with Gasteiger partial charge in [-0.3, -0.25) is 14.9 Å². The number of amides is 3. The van der Waals surface area contributed by atoms with Crippen molar-refractivity contribution >= 4 is 45.8 Å². The van der Waals surface area contributed by atoms with Gasteiger partial charge in [0.15, 0.2) is 11.5 Å². The van der Waals surface area contributed by atoms with Gasteiger partial charge in [-0.15, -0.1) is 0 Å². The number of anilines is 3. The molecule has 0 bridgehead atoms. The van der Waals surface area contributed by atoms with E-state index in [1.165, 1.54) is 6.20 Å². The molecule has 0 spiro atoms. The van der Waals surface area contributed by atoms with Crippen LogP contribution in [0.5, 0.6) is 0 Å². The van der Waals surface area contributed by atoms with Crippen LogP contribution in [0.1, 0.15) is 48.6 Å². The van der Waals surface area contributed by atoms with Gasteiger partial charge in [0.2, 0.25) is 0 Å². The monoisotopic (exact) mass is 613 g/mol. The van der Waals surface area contributed by atoms with E-state index < -0.39 is 53.0 Å². The Morgan fingerprint density at radius 3 is 2.38 bits per heavy atom. The molecular formula is C25H24F5N7O4S. The number of rotatable bonds is 7. The van der Waals surface area contributed by atoms with Gasteiger partial charge in [-0.1, -0.05) is 17.4 Å². The van der Waals surface area contributed by atoms with E-state index in [1.807, 2.05) is 15.5 Å². The first kappa shape index (κ1) is 29.2. The third-order valence-corrected chi connectivity index (χ3v) is 7.76. The Labute approximate surface area is 238 Å². The van der Waals surface area contributed by atoms with Crippen LogP contribution in [0.4, 0.5) is 43.3 Å². The molecule has 3 amide bonds. The normalized spacial score (nSPS) is 17.5. The van der Waals surface area contributed by atoms with Gasteiger partial charge < -0.3 is 20.6 Å². The van der Waals surface area contributed by atoms with Gasteiger partial charge in [-0.25, -0.2) is 23.2 Å². The highest BCUT2D eigenvalue weighted by molar-refractivity contribution is 7.19. The summed E-state index contributed by atoms with van der Waals surface area (Å²) in [5.41, 5.74) is -0.706. The second-order valence-corrected chi connectivity index (χ2v) is 10.8. The lowest BCUT2D eigenvalue weighted by atomic mass is 10.1. The molecule has 2 fully saturated rings. The molecule has 1 saturated carbocycles. The quantitative estimate of drug-likeness (QED) is 0.275. The van der Waals surface area contributed by atoms with E-state index in [-0.39, 0.29) is 34.7 Å². The van der Waals surface area contributed by atoms with Crippen LogP contribution in [0, 0.1) is 11.6 Å². The number of halogens is 5. The van der Waals surface area contributed by atoms with E-state index in [2.05, 4.69) is 15.4 Å². The van der Waals surface area contributed by atoms with E-state index in [4.69, 9.17) is 0 Å². The first-order valence-electron chi connectivity index (χ1n) is 12.9. The Morgan fingerprint density at radius 1 is 1.02 bits per heavy atom. The molecule has 2 aliphatic rings. The van der Waals surface area contributed by atoms with Crippen molar-refractivity contribution in [1.82, 2.24) is 20.1 Å². The minimum atomic E-state index is -4.99. The van der Waals surface area contributed by atoms with E-state index in [0.29, 0.717) is 36.5 Å². The van der Waals surface area contributed by atoms with Crippen LogP contribution in [-0.2, 0) is 4.79 Å². The minimum Gasteiger partial charge on any atom is -0.465 e. The zero-order chi connectivity index (χ0) is 30.2. The SMILES string of the molecule is O=C(O)Nc1sc(-c2c(F)cccc2F)nc1C(=O)Nc1cnn(C2CC2)c1N1CCCC(NC(=O)C(F)(F)F)CC1. The van der Waals surface area contributed by atoms with Crippen molar-refractivity contribution in [2.24, 2.45) is 0 Å². The summed E-state index contributed by atoms with van der Waals surface area (Å²) in [6, 6.07) is 2.51. The fourth-order valence-electron chi connectivity index (χ4n) is 4.71. The van der Waals surface area contributed by atoms with E-state index >= 15 is 0 Å². The van der Waals surface area contributed by atoms with Gasteiger partial charge in [-0.05, 0) is 44.2 Å². The van der Waals surface area contributed by atoms with Crippen LogP contribution >= 0.6 is 11.3 Å². The Balaban J connectivity index is 1.41. The first-order valence-corrected chi connectivity index (χ1v) is 13.7. The lowest BCUT2D eigenvalue weighted by Gasteiger charge is -2.25. The van der Waals surface area contributed by atoms with Gasteiger partial charge in [0, 0.05) is 19.1 Å². The number of nitrogens with one attached hydrogen (secondary N) is 3. The highest BCUT2D eigenvalue weighted by atomic mass is 32.1. The van der Waals surface area contributed by atoms with Gasteiger partial charge in [-0.2, -0.15) is 18.3 Å². The van der Waals surface area contributed by atoms with Crippen molar-refractivity contribution in [3.63, 3.8) is 0 Å². The van der Waals surface area contributed by atoms with Crippen LogP contribution < -0.4 is 20.9 Å². The van der Waals surface area contributed by atoms with Crippen LogP contribution in [0.25, 0.3) is 10.6 Å². The summed E-state index contributed by atoms with van der Waals surface area (Å²) in [5.74, 6) is -4.27. The number of hydrogen-bond donors (Lipinski definition) is 4. The highest BCUT2D eigenvalue weighted by Crippen LogP contribution is 2.42. The molecule has 4 N–H and O–H groups in total. The maximum Gasteiger partial charge on any atom is 0.471 e. The minimum absolute atomic E-state index is 0.0498. The van der Waals surface area contributed by atoms with Crippen LogP contribution in [0.2, 0.25) is 0 Å². The lowest BCUT2D eigenvalue weighted by molar-refractivity contribution is -0.174. The second kappa shape index (κ2) is 11.5. The van der Waals surface area contributed by atoms with Gasteiger partial charge in [0.1, 0.15) is 27.3 Å². The highest BCUT2D eigenvalue weighted by Gasteiger charge is 2.40. The summed E-state index contributed by atoms with van der Waals surface area (Å²) in [7, 11) is 0. The zero-order valence-electron chi connectivity index (χ0n) is 21.7. The number of alkyl halides is 3. The molecule has 11 nitrogen and oxygen atoms in total. The molecule has 17 heteroatoms. The van der Waals surface area contributed by atoms with E-state index in [9.17, 15) is 41.4 Å². The summed E-state index contributed by atoms with van der Waals surface area (Å²) in [6.45, 7) is 0.655. The number of aromatic nitrogens is 3. The molecule has 1 atom stereocenters. The predicted molar refractivity (Wildman–Crippen MR) is 142 cm³/mol. The third kappa shape index (κ3) is 6.29. The van der Waals surface area contributed by atoms with E-state index in [0.717, 1.165) is 31.0 Å². The molecule has 3 heterocycles. The molecule has 3 aromatic rings. The smallest absolute Gasteiger partial charge is 0.465 e. The number of thiazole rings is 1. The number of benzene rings is 1. The number of carbonyl (C=O) groups is 3. The molecule has 1 aliphatic carbocycles. The Hall–Kier alpha value is -4.28. The van der Waals surface area contributed by atoms with Crippen LogP contribution in [0.3, 0.4) is 0 Å². The van der Waals surface area contributed by atoms with Crippen molar-refractivity contribution in [3.05, 3.63) is 41.7 Å². The summed E-state index contributed by atoms with van der Waals surface area (Å²) < 4.78 is 68.8. The Morgan fingerprint density at radius 2 is 1.74 bits per heavy atom. The fourth-order valence-corrected chi connectivity index (χ4v) is 5.71. The van der Waals surface area contributed by atoms with Crippen molar-refractivity contribution < 1.29 is 41.4 Å². The first-order chi connectivity index (χ1) is 19.9. The summed E-state index contributed by atoms with van der Waals surface area (Å²) in [4.78, 5) is 42.1. The maximum absolute atomic E-state index is 14.4. The maximum atomic E-state index is 14.4. The Bertz CT molecular complexity index is 1500. The van der Waals surface area contributed by atoms with Gasteiger partial charge in [0.05, 0.1) is 17.8 Å². The average Bonchev–Trinajstić information content (AvgIpc) is 3.61. The zero-order valence-corrected chi connectivity index (χ0v) is 22.5. The molecule has 42 heavy (non-hydrogen) atoms. The van der Waals surface area contributed by atoms with Crippen molar-refractivity contribution in [3.8, 4) is 10.6 Å². The number of carboxylic acid groups (broad SMARTS) is 1. The standard InChI is InChI=1S/C25H24F5N7O4S/c26-14-4-1-5-15(27)17(14)20-34-18(21(42-20)35-24(40)41)19(38)33-16-11-31-37(13-6-7-13)22(16)36-9-2-3-12(8-10-36)32-23(39)25(28,29)30/h1,4-5,11-13,35H,2-3,6-10H2,(H,32,39)(H,33,38)(H,40,41). The van der Waals surface area contributed by atoms with Gasteiger partial charge in [0.25, 0.3) is 5.91 Å². The van der Waals surface area contributed by atoms with Crippen LogP contribution in [-0.4, -0.2) is 63.1 Å². The molecule has 1 aliphatic heterocycles. The molecule has 224 valence electrons. The summed E-state index contributed by atoms with van der Waals surface area (Å²) >= 11 is 0.580. The molecule has 1 saturated heterocycles. The molecule has 1 aromatic carbocycles. The predicted octanol–water partition coefficient (Wildman–Crippen LogP) is 5.00. The van der Waals surface area contributed by atoms with Crippen LogP contribution in [0.15, 0.2) is 24.4 Å². The van der Waals surface area contributed by atoms with E-state index in [1.54, 1.807) is 4.68 Å². The third-order valence-electron chi connectivity index (χ3n) is 6.77. The molecule has 5 rings (SSSR count). The molecule has 1 unspecified atom stereocenters. The summed E-state index contributed by atoms with van der Waals surface area (Å²) in [6.07, 6.45) is -2.48. The second-order valence-electron chi connectivity index (χ2n) is 9.82. The number of carbonyl (C=O) groups excluding carboxylic acids is 2. The summed E-state index contributed by atoms with van der Waals surface area (Å²) in [5, 5.41) is 19.9. The number of nitrogens with zero attached hydrogens (tertiary/aromatic N) is 4. The van der Waals surface area contributed by atoms with Gasteiger partial charge >= 0.3 is 18.2 Å². The van der Waals surface area contributed by atoms with Crippen molar-refractivity contribution in [2.45, 2.75) is 50.4 Å². The average molecular weight is 614 g/mol. The molecule has 0 radical (unpaired) electrons.